The molecular weight excluding hydrogens is 292 g/mol. The highest BCUT2D eigenvalue weighted by atomic mass is 15.0. The third-order valence-electron chi connectivity index (χ3n) is 5.21. The van der Waals surface area contributed by atoms with Crippen molar-refractivity contribution >= 4 is 43.6 Å². The van der Waals surface area contributed by atoms with Crippen molar-refractivity contribution in [3.05, 3.63) is 60.2 Å². The first-order chi connectivity index (χ1) is 11.7. The Bertz CT molecular complexity index is 1320. The highest BCUT2D eigenvalue weighted by Crippen LogP contribution is 2.36. The van der Waals surface area contributed by atoms with Crippen LogP contribution in [-0.2, 0) is 14.1 Å². The van der Waals surface area contributed by atoms with Gasteiger partial charge in [0.2, 0.25) is 0 Å². The number of hydrogen-bond donors (Lipinski definition) is 0. The van der Waals surface area contributed by atoms with Gasteiger partial charge >= 0.3 is 0 Å². The Morgan fingerprint density at radius 2 is 1.25 bits per heavy atom. The van der Waals surface area contributed by atoms with Gasteiger partial charge in [-0.2, -0.15) is 0 Å². The molecule has 0 radical (unpaired) electrons. The lowest BCUT2D eigenvalue weighted by molar-refractivity contribution is 1.01. The molecule has 0 aliphatic heterocycles. The summed E-state index contributed by atoms with van der Waals surface area (Å²) in [6.07, 6.45) is 5.57. The lowest BCUT2D eigenvalue weighted by Gasteiger charge is -2.00. The molecule has 0 saturated heterocycles. The molecule has 2 heteroatoms. The number of benzene rings is 3. The number of para-hydroxylation sites is 1. The summed E-state index contributed by atoms with van der Waals surface area (Å²) in [7, 11) is 4.25. The Hall–Kier alpha value is -3.18. The smallest absolute Gasteiger partial charge is 0.0501 e. The van der Waals surface area contributed by atoms with E-state index in [9.17, 15) is 0 Å². The molecule has 0 spiro atoms. The molecule has 0 fully saturated rings. The number of hydrogen-bond acceptors (Lipinski definition) is 0. The van der Waals surface area contributed by atoms with Gasteiger partial charge in [-0.05, 0) is 30.3 Å². The van der Waals surface area contributed by atoms with Gasteiger partial charge in [-0.15, -0.1) is 6.42 Å². The van der Waals surface area contributed by atoms with Gasteiger partial charge in [-0.3, -0.25) is 0 Å². The van der Waals surface area contributed by atoms with E-state index in [0.29, 0.717) is 0 Å². The third kappa shape index (κ3) is 1.51. The number of terminal acetylenes is 1. The fraction of sp³-hybridized carbons (Fsp3) is 0.0909. The van der Waals surface area contributed by atoms with Crippen LogP contribution in [0, 0.1) is 12.3 Å². The van der Waals surface area contributed by atoms with E-state index in [1.54, 1.807) is 0 Å². The summed E-state index contributed by atoms with van der Waals surface area (Å²) in [4.78, 5) is 0. The molecule has 2 aromatic heterocycles. The van der Waals surface area contributed by atoms with Crippen LogP contribution in [0.15, 0.2) is 54.6 Å². The molecule has 114 valence electrons. The molecule has 24 heavy (non-hydrogen) atoms. The summed E-state index contributed by atoms with van der Waals surface area (Å²) < 4.78 is 4.52. The molecule has 2 heterocycles. The lowest BCUT2D eigenvalue weighted by Crippen LogP contribution is -1.88. The summed E-state index contributed by atoms with van der Waals surface area (Å²) in [5, 5.41) is 5.11. The molecular formula is C22H16N2. The van der Waals surface area contributed by atoms with E-state index in [1.807, 2.05) is 6.07 Å². The molecule has 0 amide bonds. The average Bonchev–Trinajstić information content (AvgIpc) is 3.07. The first kappa shape index (κ1) is 13.3. The van der Waals surface area contributed by atoms with Crippen molar-refractivity contribution in [3.8, 4) is 12.3 Å². The zero-order valence-electron chi connectivity index (χ0n) is 13.7. The monoisotopic (exact) mass is 308 g/mol. The third-order valence-corrected chi connectivity index (χ3v) is 5.21. The molecule has 0 saturated carbocycles. The van der Waals surface area contributed by atoms with Gasteiger partial charge in [-0.25, -0.2) is 0 Å². The summed E-state index contributed by atoms with van der Waals surface area (Å²) in [5.41, 5.74) is 5.87. The van der Waals surface area contributed by atoms with Crippen molar-refractivity contribution in [1.82, 2.24) is 9.13 Å². The number of nitrogens with zero attached hydrogens (tertiary/aromatic N) is 2. The van der Waals surface area contributed by atoms with E-state index in [1.165, 1.54) is 43.6 Å². The van der Waals surface area contributed by atoms with Crippen LogP contribution < -0.4 is 0 Å². The Balaban J connectivity index is 2.03. The fourth-order valence-corrected chi connectivity index (χ4v) is 3.94. The van der Waals surface area contributed by atoms with E-state index in [0.717, 1.165) is 5.56 Å². The molecule has 0 atom stereocenters. The average molecular weight is 308 g/mol. The predicted octanol–water partition coefficient (Wildman–Crippen LogP) is 4.96. The van der Waals surface area contributed by atoms with Crippen LogP contribution in [0.5, 0.6) is 0 Å². The molecule has 0 aliphatic carbocycles. The van der Waals surface area contributed by atoms with E-state index >= 15 is 0 Å². The van der Waals surface area contributed by atoms with Crippen LogP contribution in [0.1, 0.15) is 5.56 Å². The number of aromatic nitrogens is 2. The van der Waals surface area contributed by atoms with Crippen molar-refractivity contribution in [2.24, 2.45) is 14.1 Å². The Kier molecular flexibility index (Phi) is 2.45. The van der Waals surface area contributed by atoms with Crippen LogP contribution in [0.25, 0.3) is 43.6 Å². The molecule has 3 aromatic carbocycles. The predicted molar refractivity (Wildman–Crippen MR) is 102 cm³/mol. The van der Waals surface area contributed by atoms with Crippen molar-refractivity contribution in [2.75, 3.05) is 0 Å². The van der Waals surface area contributed by atoms with E-state index < -0.39 is 0 Å². The highest BCUT2D eigenvalue weighted by molar-refractivity contribution is 6.17. The quantitative estimate of drug-likeness (QED) is 0.358. The number of fused-ring (bicyclic) bond motifs is 6. The SMILES string of the molecule is C#Cc1ccc2c3cc4c(cc3n(C)c2c1)c1ccccc1n4C. The van der Waals surface area contributed by atoms with E-state index in [-0.39, 0.29) is 0 Å². The minimum Gasteiger partial charge on any atom is -0.344 e. The van der Waals surface area contributed by atoms with Crippen LogP contribution in [0.3, 0.4) is 0 Å². The largest absolute Gasteiger partial charge is 0.344 e. The summed E-state index contributed by atoms with van der Waals surface area (Å²) >= 11 is 0. The molecule has 0 aliphatic rings. The van der Waals surface area contributed by atoms with Crippen LogP contribution in [0.4, 0.5) is 0 Å². The highest BCUT2D eigenvalue weighted by Gasteiger charge is 2.14. The minimum atomic E-state index is 0.920. The molecule has 2 nitrogen and oxygen atoms in total. The van der Waals surface area contributed by atoms with Crippen molar-refractivity contribution in [1.29, 1.82) is 0 Å². The van der Waals surface area contributed by atoms with Gasteiger partial charge in [0.1, 0.15) is 0 Å². The maximum Gasteiger partial charge on any atom is 0.0501 e. The van der Waals surface area contributed by atoms with Crippen LogP contribution in [-0.4, -0.2) is 9.13 Å². The molecule has 0 N–H and O–H groups in total. The lowest BCUT2D eigenvalue weighted by atomic mass is 10.1. The van der Waals surface area contributed by atoms with Crippen LogP contribution in [0.2, 0.25) is 0 Å². The first-order valence-corrected chi connectivity index (χ1v) is 8.05. The maximum atomic E-state index is 5.57. The normalized spacial score (nSPS) is 11.7. The van der Waals surface area contributed by atoms with E-state index in [2.05, 4.69) is 77.7 Å². The summed E-state index contributed by atoms with van der Waals surface area (Å²) in [6, 6.07) is 19.4. The van der Waals surface area contributed by atoms with Crippen molar-refractivity contribution in [2.45, 2.75) is 0 Å². The second-order valence-corrected chi connectivity index (χ2v) is 6.40. The van der Waals surface area contributed by atoms with Crippen molar-refractivity contribution in [3.63, 3.8) is 0 Å². The Labute approximate surface area is 139 Å². The molecule has 0 unspecified atom stereocenters. The molecule has 5 rings (SSSR count). The molecule has 5 aromatic rings. The Morgan fingerprint density at radius 1 is 0.667 bits per heavy atom. The molecule has 0 bridgehead atoms. The maximum absolute atomic E-state index is 5.57. The minimum absolute atomic E-state index is 0.920. The standard InChI is InChI=1S/C22H16N2/c1-4-14-9-10-16-18-13-21-17(12-22(18)24(3)20(16)11-14)15-7-5-6-8-19(15)23(21)2/h1,5-13H,2-3H3. The van der Waals surface area contributed by atoms with Crippen LogP contribution >= 0.6 is 0 Å². The van der Waals surface area contributed by atoms with E-state index in [4.69, 9.17) is 6.42 Å². The van der Waals surface area contributed by atoms with Gasteiger partial charge < -0.3 is 9.13 Å². The number of rotatable bonds is 0. The Morgan fingerprint density at radius 3 is 1.96 bits per heavy atom. The summed E-state index contributed by atoms with van der Waals surface area (Å²) in [6.45, 7) is 0. The first-order valence-electron chi connectivity index (χ1n) is 8.05. The van der Waals surface area contributed by atoms with Crippen molar-refractivity contribution < 1.29 is 0 Å². The van der Waals surface area contributed by atoms with Gasteiger partial charge in [-0.1, -0.05) is 30.2 Å². The topological polar surface area (TPSA) is 9.86 Å². The zero-order valence-corrected chi connectivity index (χ0v) is 13.7. The fourth-order valence-electron chi connectivity index (χ4n) is 3.94. The second-order valence-electron chi connectivity index (χ2n) is 6.40. The summed E-state index contributed by atoms with van der Waals surface area (Å²) in [5.74, 6) is 2.73. The van der Waals surface area contributed by atoms with Gasteiger partial charge in [0.25, 0.3) is 0 Å². The zero-order chi connectivity index (χ0) is 16.4. The second kappa shape index (κ2) is 4.43. The number of aryl methyl sites for hydroxylation is 2. The van der Waals surface area contributed by atoms with Gasteiger partial charge in [0, 0.05) is 57.8 Å². The van der Waals surface area contributed by atoms with Gasteiger partial charge in [0.15, 0.2) is 0 Å². The van der Waals surface area contributed by atoms with Gasteiger partial charge in [0.05, 0.1) is 5.52 Å².